The Morgan fingerprint density at radius 1 is 0.774 bits per heavy atom. The molecule has 12 heteroatoms. The number of hydrogen-bond donors (Lipinski definition) is 1. The third kappa shape index (κ3) is 6.65. The lowest BCUT2D eigenvalue weighted by molar-refractivity contribution is -0.141. The molecule has 0 unspecified atom stereocenters. The van der Waals surface area contributed by atoms with E-state index in [1.165, 1.54) is 17.0 Å². The number of hydrogen-bond acceptors (Lipinski definition) is 3. The van der Waals surface area contributed by atoms with Gasteiger partial charge in [-0.25, -0.2) is 4.98 Å². The van der Waals surface area contributed by atoms with Crippen LogP contribution in [0.25, 0.3) is 33.3 Å². The van der Waals surface area contributed by atoms with Crippen LogP contribution in [0.3, 0.4) is 0 Å². The van der Waals surface area contributed by atoms with Crippen LogP contribution in [0.15, 0.2) is 122 Å². The maximum absolute atomic E-state index is 13.9. The van der Waals surface area contributed by atoms with Crippen molar-refractivity contribution in [2.75, 3.05) is 18.5 Å². The number of amides is 2. The van der Waals surface area contributed by atoms with Crippen LogP contribution in [0.2, 0.25) is 0 Å². The van der Waals surface area contributed by atoms with Gasteiger partial charge in [-0.1, -0.05) is 78.9 Å². The lowest BCUT2D eigenvalue weighted by Crippen LogP contribution is -2.47. The molecular weight excluding hydrogens is 694 g/mol. The second kappa shape index (κ2) is 13.6. The standard InChI is InChI=1S/C41H32F6N4O2/c1-50(37(52)32-12-3-2-9-29(32)26-15-17-27(18-16-26)41(45,46)47)28-19-20-36-35(23-28)49-25-51(36)22-8-21-39(38(53)48-24-40(42,43)44)33-13-6-4-10-30(33)31-11-5-7-14-34(31)39/h2-7,9-20,23,25H,8,21-22,24H2,1H3,(H,48,53). The summed E-state index contributed by atoms with van der Waals surface area (Å²) in [4.78, 5) is 33.6. The SMILES string of the molecule is CN(C(=O)c1ccccc1-c1ccc(C(F)(F)F)cc1)c1ccc2c(c1)ncn2CCCC1(C(=O)NCC(F)(F)F)c2ccccc2-c2ccccc21. The number of aryl methyl sites for hydroxylation is 1. The average Bonchev–Trinajstić information content (AvgIpc) is 3.69. The fourth-order valence-corrected chi connectivity index (χ4v) is 7.30. The molecule has 1 N–H and O–H groups in total. The molecule has 6 nitrogen and oxygen atoms in total. The van der Waals surface area contributed by atoms with Gasteiger partial charge >= 0.3 is 12.4 Å². The molecule has 0 bridgehead atoms. The van der Waals surface area contributed by atoms with Crippen LogP contribution in [-0.2, 0) is 22.9 Å². The van der Waals surface area contributed by atoms with E-state index in [4.69, 9.17) is 0 Å². The highest BCUT2D eigenvalue weighted by atomic mass is 19.4. The van der Waals surface area contributed by atoms with E-state index in [0.717, 1.165) is 28.8 Å². The number of aromatic nitrogens is 2. The second-order valence-electron chi connectivity index (χ2n) is 13.0. The molecule has 0 atom stereocenters. The van der Waals surface area contributed by atoms with Crippen molar-refractivity contribution >= 4 is 28.5 Å². The minimum absolute atomic E-state index is 0.234. The quantitative estimate of drug-likeness (QED) is 0.151. The van der Waals surface area contributed by atoms with Crippen LogP contribution >= 0.6 is 0 Å². The zero-order chi connectivity index (χ0) is 37.5. The Morgan fingerprint density at radius 3 is 2.00 bits per heavy atom. The first-order valence-electron chi connectivity index (χ1n) is 16.8. The van der Waals surface area contributed by atoms with Gasteiger partial charge < -0.3 is 14.8 Å². The monoisotopic (exact) mass is 726 g/mol. The Hall–Kier alpha value is -5.91. The molecule has 270 valence electrons. The van der Waals surface area contributed by atoms with Gasteiger partial charge in [-0.05, 0) is 82.6 Å². The van der Waals surface area contributed by atoms with Gasteiger partial charge in [-0.3, -0.25) is 9.59 Å². The molecule has 7 rings (SSSR count). The maximum atomic E-state index is 13.9. The molecule has 2 amide bonds. The summed E-state index contributed by atoms with van der Waals surface area (Å²) in [6, 6.07) is 31.3. The minimum Gasteiger partial charge on any atom is -0.346 e. The van der Waals surface area contributed by atoms with Crippen molar-refractivity contribution in [2.24, 2.45) is 0 Å². The number of rotatable bonds is 9. The van der Waals surface area contributed by atoms with E-state index < -0.39 is 35.8 Å². The third-order valence-electron chi connectivity index (χ3n) is 9.83. The number of halogens is 6. The van der Waals surface area contributed by atoms with E-state index in [-0.39, 0.29) is 12.3 Å². The molecule has 0 aliphatic heterocycles. The number of nitrogens with zero attached hydrogens (tertiary/aromatic N) is 3. The van der Waals surface area contributed by atoms with Crippen LogP contribution in [0.4, 0.5) is 32.0 Å². The van der Waals surface area contributed by atoms with E-state index in [2.05, 4.69) is 10.3 Å². The van der Waals surface area contributed by atoms with Crippen molar-refractivity contribution in [3.05, 3.63) is 144 Å². The Kier molecular flexibility index (Phi) is 9.09. The van der Waals surface area contributed by atoms with Crippen LogP contribution in [0.1, 0.15) is 39.9 Å². The van der Waals surface area contributed by atoms with Crippen molar-refractivity contribution in [1.29, 1.82) is 0 Å². The fourth-order valence-electron chi connectivity index (χ4n) is 7.30. The summed E-state index contributed by atoms with van der Waals surface area (Å²) in [6.45, 7) is -1.03. The van der Waals surface area contributed by atoms with Crippen molar-refractivity contribution in [3.8, 4) is 22.3 Å². The van der Waals surface area contributed by atoms with E-state index >= 15 is 0 Å². The first-order chi connectivity index (χ1) is 25.3. The van der Waals surface area contributed by atoms with E-state index in [0.29, 0.717) is 52.0 Å². The van der Waals surface area contributed by atoms with Gasteiger partial charge in [-0.15, -0.1) is 0 Å². The predicted octanol–water partition coefficient (Wildman–Crippen LogP) is 9.42. The molecule has 5 aromatic carbocycles. The average molecular weight is 727 g/mol. The highest BCUT2D eigenvalue weighted by Crippen LogP contribution is 2.51. The van der Waals surface area contributed by atoms with Gasteiger partial charge in [0.25, 0.3) is 5.91 Å². The number of fused-ring (bicyclic) bond motifs is 4. The Morgan fingerprint density at radius 2 is 1.38 bits per heavy atom. The number of nitrogens with one attached hydrogen (secondary N) is 1. The van der Waals surface area contributed by atoms with E-state index in [1.807, 2.05) is 34.9 Å². The summed E-state index contributed by atoms with van der Waals surface area (Å²) in [6.07, 6.45) is -6.75. The number of carbonyl (C=O) groups is 2. The number of imidazole rings is 1. The molecule has 1 heterocycles. The van der Waals surface area contributed by atoms with Gasteiger partial charge in [0.1, 0.15) is 12.0 Å². The largest absolute Gasteiger partial charge is 0.416 e. The zero-order valence-electron chi connectivity index (χ0n) is 28.3. The fraction of sp³-hybridized carbons (Fsp3) is 0.195. The van der Waals surface area contributed by atoms with Crippen molar-refractivity contribution in [1.82, 2.24) is 14.9 Å². The maximum Gasteiger partial charge on any atom is 0.416 e. The van der Waals surface area contributed by atoms with Crippen molar-refractivity contribution < 1.29 is 35.9 Å². The van der Waals surface area contributed by atoms with Gasteiger partial charge in [0, 0.05) is 24.8 Å². The summed E-state index contributed by atoms with van der Waals surface area (Å²) in [5.41, 5.74) is 3.97. The van der Waals surface area contributed by atoms with Crippen molar-refractivity contribution in [3.63, 3.8) is 0 Å². The molecule has 1 aromatic heterocycles. The first-order valence-corrected chi connectivity index (χ1v) is 16.8. The van der Waals surface area contributed by atoms with Crippen LogP contribution in [0.5, 0.6) is 0 Å². The van der Waals surface area contributed by atoms with E-state index in [9.17, 15) is 35.9 Å². The summed E-state index contributed by atoms with van der Waals surface area (Å²) in [5.74, 6) is -1.08. The Labute approximate surface area is 300 Å². The van der Waals surface area contributed by atoms with Gasteiger partial charge in [-0.2, -0.15) is 26.3 Å². The third-order valence-corrected chi connectivity index (χ3v) is 9.83. The number of anilines is 1. The molecule has 0 saturated carbocycles. The smallest absolute Gasteiger partial charge is 0.346 e. The highest BCUT2D eigenvalue weighted by Gasteiger charge is 2.49. The molecule has 0 fully saturated rings. The summed E-state index contributed by atoms with van der Waals surface area (Å²) in [7, 11) is 1.60. The summed E-state index contributed by atoms with van der Waals surface area (Å²) >= 11 is 0. The van der Waals surface area contributed by atoms with Gasteiger partial charge in [0.2, 0.25) is 5.91 Å². The molecule has 1 aliphatic rings. The van der Waals surface area contributed by atoms with Crippen molar-refractivity contribution in [2.45, 2.75) is 37.2 Å². The topological polar surface area (TPSA) is 67.2 Å². The summed E-state index contributed by atoms with van der Waals surface area (Å²) in [5, 5.41) is 2.16. The molecule has 6 aromatic rings. The molecular formula is C41H32F6N4O2. The molecule has 1 aliphatic carbocycles. The lowest BCUT2D eigenvalue weighted by Gasteiger charge is -2.31. The number of alkyl halides is 6. The van der Waals surface area contributed by atoms with Crippen LogP contribution in [-0.4, -0.2) is 41.1 Å². The Bertz CT molecular complexity index is 2280. The van der Waals surface area contributed by atoms with Crippen LogP contribution in [0, 0.1) is 0 Å². The first kappa shape index (κ1) is 35.5. The number of benzene rings is 5. The van der Waals surface area contributed by atoms with Gasteiger partial charge in [0.05, 0.1) is 22.9 Å². The van der Waals surface area contributed by atoms with E-state index in [1.54, 1.807) is 74.0 Å². The molecule has 0 spiro atoms. The minimum atomic E-state index is -4.57. The van der Waals surface area contributed by atoms with Gasteiger partial charge in [0.15, 0.2) is 0 Å². The Balaban J connectivity index is 1.12. The second-order valence-corrected chi connectivity index (χ2v) is 13.0. The predicted molar refractivity (Wildman–Crippen MR) is 190 cm³/mol. The molecule has 53 heavy (non-hydrogen) atoms. The number of carbonyl (C=O) groups excluding carboxylic acids is 2. The zero-order valence-corrected chi connectivity index (χ0v) is 28.3. The lowest BCUT2D eigenvalue weighted by atomic mass is 9.73. The normalized spacial score (nSPS) is 13.4. The summed E-state index contributed by atoms with van der Waals surface area (Å²) < 4.78 is 81.2. The molecule has 0 radical (unpaired) electrons. The van der Waals surface area contributed by atoms with Crippen LogP contribution < -0.4 is 10.2 Å². The molecule has 0 saturated heterocycles. The highest BCUT2D eigenvalue weighted by molar-refractivity contribution is 6.10.